The molecule has 3 rings (SSSR count). The maximum Gasteiger partial charge on any atom is 0.426 e. The summed E-state index contributed by atoms with van der Waals surface area (Å²) in [6.07, 6.45) is -3.84. The van der Waals surface area contributed by atoms with Crippen LogP contribution in [0.4, 0.5) is 13.2 Å². The first kappa shape index (κ1) is 15.6. The van der Waals surface area contributed by atoms with Gasteiger partial charge in [-0.2, -0.15) is 13.2 Å². The van der Waals surface area contributed by atoms with Crippen molar-refractivity contribution in [2.24, 2.45) is 17.3 Å². The van der Waals surface area contributed by atoms with Crippen molar-refractivity contribution >= 4 is 17.6 Å². The molecule has 2 unspecified atom stereocenters. The Labute approximate surface area is 180 Å². The smallest absolute Gasteiger partial charge is 0.426 e. The van der Waals surface area contributed by atoms with E-state index in [9.17, 15) is 18.0 Å². The van der Waals surface area contributed by atoms with E-state index >= 15 is 0 Å². The van der Waals surface area contributed by atoms with Crippen molar-refractivity contribution in [1.82, 2.24) is 0 Å². The van der Waals surface area contributed by atoms with Crippen molar-refractivity contribution in [2.45, 2.75) is 33.6 Å². The molecule has 2 nitrogen and oxygen atoms in total. The summed E-state index contributed by atoms with van der Waals surface area (Å²) in [5.41, 5.74) is 0.784. The van der Waals surface area contributed by atoms with Crippen LogP contribution in [0.25, 0.3) is 11.1 Å². The molecule has 0 aromatic heterocycles. The van der Waals surface area contributed by atoms with Crippen LogP contribution in [0.5, 0.6) is 0 Å². The van der Waals surface area contributed by atoms with Gasteiger partial charge in [0.05, 0.1) is 12.8 Å². The van der Waals surface area contributed by atoms with Crippen LogP contribution < -0.4 is 0 Å². The van der Waals surface area contributed by atoms with Crippen LogP contribution in [0, 0.1) is 24.2 Å². The Balaban J connectivity index is 1.84. The predicted molar refractivity (Wildman–Crippen MR) is 107 cm³/mol. The molecule has 1 aliphatic carbocycles. The van der Waals surface area contributed by atoms with Gasteiger partial charge in [0.2, 0.25) is 0 Å². The van der Waals surface area contributed by atoms with Crippen molar-refractivity contribution in [2.75, 3.05) is 0 Å². The zero-order chi connectivity index (χ0) is 25.7. The number of ether oxygens (including phenoxy) is 1. The number of carbonyl (C=O) groups excluding carboxylic acids is 1. The van der Waals surface area contributed by atoms with Crippen molar-refractivity contribution in [3.05, 3.63) is 70.6 Å². The van der Waals surface area contributed by atoms with Gasteiger partial charge in [0, 0.05) is 0 Å². The normalized spacial score (nSPS) is 23.4. The van der Waals surface area contributed by atoms with Gasteiger partial charge >= 0.3 is 12.1 Å². The summed E-state index contributed by atoms with van der Waals surface area (Å²) in [5, 5.41) is -1.27. The van der Waals surface area contributed by atoms with E-state index in [2.05, 4.69) is 0 Å². The summed E-state index contributed by atoms with van der Waals surface area (Å²) >= 11 is 5.33. The second kappa shape index (κ2) is 7.86. The average molecular weight is 428 g/mol. The standard InChI is InChI=1S/C23H22ClF3O2/c1-14-16(10-7-11-17(14)15-8-5-4-6-9-15)13-29-21(28)20-18(22(20,2)3)12-19(24)23(25,26)27/h4-12,18,20H,13H2,1-3H3/b19-12-/i4D,5D,6D,8D,9D. The zero-order valence-electron chi connectivity index (χ0n) is 21.0. The van der Waals surface area contributed by atoms with Crippen LogP contribution in [0.1, 0.15) is 31.8 Å². The van der Waals surface area contributed by atoms with Crippen LogP contribution in [-0.2, 0) is 16.1 Å². The third kappa shape index (κ3) is 4.50. The SMILES string of the molecule is [2H]c1c([2H])c([2H])c(-c2cccc(COC(=O)C3C(/C=C(\Cl)C(F)(F)F)C3(C)C)c2C)c([2H])c1[2H]. The molecule has 0 heterocycles. The Morgan fingerprint density at radius 3 is 2.55 bits per heavy atom. The summed E-state index contributed by atoms with van der Waals surface area (Å²) in [4.78, 5) is 12.6. The van der Waals surface area contributed by atoms with Gasteiger partial charge in [-0.15, -0.1) is 0 Å². The number of allylic oxidation sites excluding steroid dienone is 2. The lowest BCUT2D eigenvalue weighted by Crippen LogP contribution is -2.11. The van der Waals surface area contributed by atoms with Gasteiger partial charge in [-0.05, 0) is 40.5 Å². The Hall–Kier alpha value is -2.27. The minimum absolute atomic E-state index is 0.0343. The highest BCUT2D eigenvalue weighted by molar-refractivity contribution is 6.30. The number of hydrogen-bond donors (Lipinski definition) is 0. The number of rotatable bonds is 5. The third-order valence-electron chi connectivity index (χ3n) is 5.35. The van der Waals surface area contributed by atoms with Gasteiger partial charge in [0.25, 0.3) is 0 Å². The molecule has 0 spiro atoms. The molecule has 0 aliphatic heterocycles. The van der Waals surface area contributed by atoms with Crippen LogP contribution in [0.15, 0.2) is 59.5 Å². The molecule has 0 radical (unpaired) electrons. The third-order valence-corrected chi connectivity index (χ3v) is 5.69. The van der Waals surface area contributed by atoms with Gasteiger partial charge < -0.3 is 4.74 Å². The maximum atomic E-state index is 12.8. The predicted octanol–water partition coefficient (Wildman–Crippen LogP) is 6.66. The van der Waals surface area contributed by atoms with E-state index < -0.39 is 52.6 Å². The molecule has 1 aliphatic rings. The number of benzene rings is 2. The number of esters is 1. The largest absolute Gasteiger partial charge is 0.461 e. The highest BCUT2D eigenvalue weighted by Crippen LogP contribution is 2.60. The first-order chi connectivity index (χ1) is 15.6. The molecule has 2 aromatic rings. The Bertz CT molecular complexity index is 1170. The van der Waals surface area contributed by atoms with Gasteiger partial charge in [0.1, 0.15) is 11.6 Å². The number of alkyl halides is 3. The molecule has 0 amide bonds. The van der Waals surface area contributed by atoms with Gasteiger partial charge in [-0.25, -0.2) is 0 Å². The van der Waals surface area contributed by atoms with E-state index in [0.29, 0.717) is 16.7 Å². The molecule has 6 heteroatoms. The molecule has 154 valence electrons. The summed E-state index contributed by atoms with van der Waals surface area (Å²) in [7, 11) is 0. The monoisotopic (exact) mass is 427 g/mol. The van der Waals surface area contributed by atoms with E-state index in [1.807, 2.05) is 0 Å². The van der Waals surface area contributed by atoms with Crippen LogP contribution in [0.3, 0.4) is 0 Å². The van der Waals surface area contributed by atoms with Crippen LogP contribution in [0.2, 0.25) is 0 Å². The van der Waals surface area contributed by atoms with Gasteiger partial charge in [-0.1, -0.05) is 79.9 Å². The van der Waals surface area contributed by atoms with Crippen LogP contribution in [-0.4, -0.2) is 12.1 Å². The van der Waals surface area contributed by atoms with Crippen molar-refractivity contribution in [1.29, 1.82) is 0 Å². The lowest BCUT2D eigenvalue weighted by molar-refractivity contribution is -0.147. The number of carbonyl (C=O) groups is 1. The summed E-state index contributed by atoms with van der Waals surface area (Å²) in [6.45, 7) is 4.80. The molecule has 29 heavy (non-hydrogen) atoms. The summed E-state index contributed by atoms with van der Waals surface area (Å²) in [5.74, 6) is -2.16. The average Bonchev–Trinajstić information content (AvgIpc) is 3.30. The van der Waals surface area contributed by atoms with Crippen molar-refractivity contribution < 1.29 is 29.6 Å². The number of halogens is 4. The van der Waals surface area contributed by atoms with Crippen LogP contribution >= 0.6 is 11.6 Å². The highest BCUT2D eigenvalue weighted by atomic mass is 35.5. The highest BCUT2D eigenvalue weighted by Gasteiger charge is 2.62. The fourth-order valence-corrected chi connectivity index (χ4v) is 3.56. The minimum Gasteiger partial charge on any atom is -0.461 e. The molecule has 1 fully saturated rings. The van der Waals surface area contributed by atoms with E-state index in [4.69, 9.17) is 23.2 Å². The maximum absolute atomic E-state index is 12.8. The summed E-state index contributed by atoms with van der Waals surface area (Å²) in [6, 6.07) is 2.78. The van der Waals surface area contributed by atoms with Crippen molar-refractivity contribution in [3.8, 4) is 11.1 Å². The molecule has 1 saturated carbocycles. The van der Waals surface area contributed by atoms with Crippen molar-refractivity contribution in [3.63, 3.8) is 0 Å². The Kier molecular flexibility index (Phi) is 4.22. The fraction of sp³-hybridized carbons (Fsp3) is 0.348. The zero-order valence-corrected chi connectivity index (χ0v) is 16.8. The lowest BCUT2D eigenvalue weighted by atomic mass is 9.97. The molecule has 0 bridgehead atoms. The van der Waals surface area contributed by atoms with Gasteiger partial charge in [-0.3, -0.25) is 4.79 Å². The number of hydrogen-bond acceptors (Lipinski definition) is 2. The van der Waals surface area contributed by atoms with E-state index in [1.165, 1.54) is 0 Å². The van der Waals surface area contributed by atoms with E-state index in [0.717, 1.165) is 6.08 Å². The summed E-state index contributed by atoms with van der Waals surface area (Å²) < 4.78 is 83.6. The second-order valence-electron chi connectivity index (χ2n) is 7.53. The Morgan fingerprint density at radius 1 is 1.28 bits per heavy atom. The molecule has 0 saturated heterocycles. The quantitative estimate of drug-likeness (QED) is 0.498. The lowest BCUT2D eigenvalue weighted by Gasteiger charge is -2.12. The molecule has 2 atom stereocenters. The van der Waals surface area contributed by atoms with E-state index in [1.54, 1.807) is 39.0 Å². The first-order valence-electron chi connectivity index (χ1n) is 11.4. The minimum atomic E-state index is -4.68. The first-order valence-corrected chi connectivity index (χ1v) is 9.25. The van der Waals surface area contributed by atoms with Gasteiger partial charge in [0.15, 0.2) is 0 Å². The van der Waals surface area contributed by atoms with E-state index in [-0.39, 0.29) is 24.3 Å². The topological polar surface area (TPSA) is 26.3 Å². The molecule has 2 aromatic carbocycles. The second-order valence-corrected chi connectivity index (χ2v) is 7.94. The molecular weight excluding hydrogens is 401 g/mol. The fourth-order valence-electron chi connectivity index (χ4n) is 3.43. The Morgan fingerprint density at radius 2 is 1.93 bits per heavy atom. The molecular formula is C23H22ClF3O2. The molecule has 0 N–H and O–H groups in total.